The summed E-state index contributed by atoms with van der Waals surface area (Å²) in [5, 5.41) is 35.5. The normalized spacial score (nSPS) is 12.1. The van der Waals surface area contributed by atoms with Gasteiger partial charge in [0.15, 0.2) is 23.3 Å². The molecule has 200 valence electrons. The van der Waals surface area contributed by atoms with Crippen LogP contribution in [0, 0.1) is 68.6 Å². The largest absolute Gasteiger partial charge is 0.417 e. The zero-order valence-corrected chi connectivity index (χ0v) is 19.0. The van der Waals surface area contributed by atoms with E-state index in [0.717, 1.165) is 12.1 Å². The Labute approximate surface area is 216 Å². The average molecular weight is 564 g/mol. The molecular formula is C26H6F10N4. The van der Waals surface area contributed by atoms with Crippen molar-refractivity contribution in [3.8, 4) is 35.4 Å². The molecule has 14 heteroatoms. The first-order chi connectivity index (χ1) is 18.6. The van der Waals surface area contributed by atoms with E-state index < -0.39 is 90.6 Å². The van der Waals surface area contributed by atoms with Gasteiger partial charge in [-0.05, 0) is 29.3 Å². The molecule has 0 aliphatic carbocycles. The fraction of sp³-hybridized carbons (Fsp3) is 0.0769. The van der Waals surface area contributed by atoms with E-state index in [1.54, 1.807) is 0 Å². The monoisotopic (exact) mass is 564 g/mol. The molecule has 0 bridgehead atoms. The minimum absolute atomic E-state index is 0.231. The van der Waals surface area contributed by atoms with E-state index in [1.165, 1.54) is 18.2 Å². The Kier molecular flexibility index (Phi) is 7.62. The van der Waals surface area contributed by atoms with E-state index in [-0.39, 0.29) is 12.1 Å². The van der Waals surface area contributed by atoms with E-state index in [9.17, 15) is 49.2 Å². The first-order valence-corrected chi connectivity index (χ1v) is 10.3. The fourth-order valence-corrected chi connectivity index (χ4v) is 3.68. The predicted molar refractivity (Wildman–Crippen MR) is 115 cm³/mol. The number of halogens is 10. The highest BCUT2D eigenvalue weighted by Gasteiger charge is 2.39. The van der Waals surface area contributed by atoms with Crippen LogP contribution in [-0.2, 0) is 12.4 Å². The number of hydrogen-bond acceptors (Lipinski definition) is 4. The Morgan fingerprint density at radius 3 is 1.65 bits per heavy atom. The van der Waals surface area contributed by atoms with Gasteiger partial charge in [0, 0.05) is 10.4 Å². The molecule has 4 nitrogen and oxygen atoms in total. The third-order valence-electron chi connectivity index (χ3n) is 5.48. The van der Waals surface area contributed by atoms with Crippen LogP contribution >= 0.6 is 0 Å². The highest BCUT2D eigenvalue weighted by atomic mass is 19.4. The average Bonchev–Trinajstić information content (AvgIpc) is 2.90. The Balaban J connectivity index is 2.70. The first-order valence-electron chi connectivity index (χ1n) is 10.3. The summed E-state index contributed by atoms with van der Waals surface area (Å²) in [6.45, 7) is 0. The number of nitrogens with zero attached hydrogens (tertiary/aromatic N) is 4. The van der Waals surface area contributed by atoms with Crippen LogP contribution in [-0.4, -0.2) is 0 Å². The van der Waals surface area contributed by atoms with Gasteiger partial charge in [0.1, 0.15) is 35.4 Å². The first kappa shape index (κ1) is 29.2. The number of alkyl halides is 6. The van der Waals surface area contributed by atoms with Gasteiger partial charge in [-0.3, -0.25) is 0 Å². The molecule has 0 atom stereocenters. The van der Waals surface area contributed by atoms with Gasteiger partial charge in [-0.15, -0.1) is 0 Å². The summed E-state index contributed by atoms with van der Waals surface area (Å²) in [5.74, 6) is -8.96. The molecular weight excluding hydrogens is 558 g/mol. The molecule has 3 aromatic rings. The van der Waals surface area contributed by atoms with Gasteiger partial charge in [0.25, 0.3) is 0 Å². The lowest BCUT2D eigenvalue weighted by molar-refractivity contribution is -0.142. The summed E-state index contributed by atoms with van der Waals surface area (Å²) < 4.78 is 140. The van der Waals surface area contributed by atoms with Crippen LogP contribution in [0.15, 0.2) is 36.4 Å². The van der Waals surface area contributed by atoms with Gasteiger partial charge < -0.3 is 0 Å². The molecule has 0 heterocycles. The smallest absolute Gasteiger partial charge is 0.203 e. The van der Waals surface area contributed by atoms with Crippen LogP contribution in [0.2, 0.25) is 0 Å². The third kappa shape index (κ3) is 5.03. The molecule has 0 unspecified atom stereocenters. The summed E-state index contributed by atoms with van der Waals surface area (Å²) >= 11 is 0. The van der Waals surface area contributed by atoms with E-state index in [1.807, 2.05) is 0 Å². The lowest BCUT2D eigenvalue weighted by Crippen LogP contribution is -2.20. The maximum Gasteiger partial charge on any atom is 0.417 e. The minimum atomic E-state index is -5.49. The maximum atomic E-state index is 14.8. The third-order valence-corrected chi connectivity index (χ3v) is 5.48. The molecule has 0 spiro atoms. The Morgan fingerprint density at radius 1 is 0.625 bits per heavy atom. The van der Waals surface area contributed by atoms with E-state index in [2.05, 4.69) is 0 Å². The zero-order chi connectivity index (χ0) is 30.2. The van der Waals surface area contributed by atoms with Crippen molar-refractivity contribution in [1.82, 2.24) is 0 Å². The van der Waals surface area contributed by atoms with Crippen molar-refractivity contribution in [2.45, 2.75) is 12.4 Å². The second-order valence-corrected chi connectivity index (χ2v) is 7.72. The van der Waals surface area contributed by atoms with Crippen molar-refractivity contribution < 1.29 is 43.9 Å². The molecule has 0 fully saturated rings. The molecule has 3 aromatic carbocycles. The second kappa shape index (κ2) is 10.4. The van der Waals surface area contributed by atoms with Crippen LogP contribution in [0.3, 0.4) is 0 Å². The number of nitriles is 4. The van der Waals surface area contributed by atoms with Crippen molar-refractivity contribution >= 4 is 11.1 Å². The maximum absolute atomic E-state index is 14.8. The summed E-state index contributed by atoms with van der Waals surface area (Å²) in [6.07, 6.45) is -10.7. The zero-order valence-electron chi connectivity index (χ0n) is 19.0. The molecule has 0 N–H and O–H groups in total. The standard InChI is InChI=1S/C26H6F10N4/c27-21-18(10-40)22(28)24(30)20(23(21)29)17(9-39)14-3-1-11(12(7-37)8-38)5-16(14)15-4-2-13(25(31,32)33)6-19(15)26(34,35)36/h1-6H/b17-14+. The van der Waals surface area contributed by atoms with Crippen molar-refractivity contribution in [2.24, 2.45) is 0 Å². The highest BCUT2D eigenvalue weighted by Crippen LogP contribution is 2.40. The lowest BCUT2D eigenvalue weighted by Gasteiger charge is -2.17. The van der Waals surface area contributed by atoms with Crippen molar-refractivity contribution in [3.63, 3.8) is 0 Å². The van der Waals surface area contributed by atoms with Gasteiger partial charge in [0.05, 0.1) is 22.3 Å². The number of rotatable bonds is 2. The van der Waals surface area contributed by atoms with Crippen molar-refractivity contribution in [1.29, 1.82) is 21.0 Å². The quantitative estimate of drug-likeness (QED) is 0.293. The van der Waals surface area contributed by atoms with Gasteiger partial charge in [-0.1, -0.05) is 18.2 Å². The Hall–Kier alpha value is -5.34. The minimum Gasteiger partial charge on any atom is -0.203 e. The van der Waals surface area contributed by atoms with Crippen LogP contribution in [0.25, 0.3) is 22.3 Å². The fourth-order valence-electron chi connectivity index (χ4n) is 3.68. The summed E-state index contributed by atoms with van der Waals surface area (Å²) in [6, 6.07) is 7.40. The topological polar surface area (TPSA) is 95.2 Å². The van der Waals surface area contributed by atoms with Gasteiger partial charge in [0.2, 0.25) is 0 Å². The second-order valence-electron chi connectivity index (χ2n) is 7.72. The highest BCUT2D eigenvalue weighted by molar-refractivity contribution is 5.84. The van der Waals surface area contributed by atoms with Crippen LogP contribution in [0.1, 0.15) is 22.3 Å². The molecule has 40 heavy (non-hydrogen) atoms. The molecule has 0 saturated heterocycles. The van der Waals surface area contributed by atoms with Crippen molar-refractivity contribution in [3.05, 3.63) is 92.4 Å². The van der Waals surface area contributed by atoms with Crippen LogP contribution in [0.5, 0.6) is 0 Å². The summed E-state index contributed by atoms with van der Waals surface area (Å²) in [4.78, 5) is 0. The predicted octanol–water partition coefficient (Wildman–Crippen LogP) is 5.74. The molecule has 0 saturated carbocycles. The van der Waals surface area contributed by atoms with Crippen LogP contribution < -0.4 is 10.4 Å². The van der Waals surface area contributed by atoms with Gasteiger partial charge >= 0.3 is 12.4 Å². The molecule has 0 aromatic heterocycles. The van der Waals surface area contributed by atoms with E-state index in [0.29, 0.717) is 18.2 Å². The molecule has 0 radical (unpaired) electrons. The molecule has 0 aliphatic heterocycles. The van der Waals surface area contributed by atoms with E-state index in [4.69, 9.17) is 15.8 Å². The van der Waals surface area contributed by atoms with Gasteiger partial charge in [-0.2, -0.15) is 47.4 Å². The Bertz CT molecular complexity index is 1810. The molecule has 3 rings (SSSR count). The summed E-state index contributed by atoms with van der Waals surface area (Å²) in [5.41, 5.74) is -11.1. The van der Waals surface area contributed by atoms with Gasteiger partial charge in [-0.25, -0.2) is 17.6 Å². The number of benzene rings is 3. The van der Waals surface area contributed by atoms with Crippen LogP contribution in [0.4, 0.5) is 43.9 Å². The Morgan fingerprint density at radius 2 is 1.20 bits per heavy atom. The van der Waals surface area contributed by atoms with Crippen molar-refractivity contribution in [2.75, 3.05) is 0 Å². The SMILES string of the molecule is N#CC(C#N)=c1cc/c(=C(/C#N)c2c(F)c(F)c(C#N)c(F)c2F)c(-c2ccc(C(F)(F)F)cc2C(F)(F)F)c1. The molecule has 0 aliphatic rings. The molecule has 0 amide bonds. The van der Waals surface area contributed by atoms with E-state index >= 15 is 0 Å². The summed E-state index contributed by atoms with van der Waals surface area (Å²) in [7, 11) is 0. The lowest BCUT2D eigenvalue weighted by atomic mass is 9.91. The number of hydrogen-bond donors (Lipinski definition) is 0.